The molecule has 6 heteroatoms. The Balaban J connectivity index is 2.36. The van der Waals surface area contributed by atoms with Crippen LogP contribution in [0.2, 0.25) is 0 Å². The van der Waals surface area contributed by atoms with Gasteiger partial charge in [-0.25, -0.2) is 4.79 Å². The molecule has 1 saturated heterocycles. The van der Waals surface area contributed by atoms with Gasteiger partial charge in [0.1, 0.15) is 6.10 Å². The van der Waals surface area contributed by atoms with Crippen LogP contribution in [0.15, 0.2) is 0 Å². The topological polar surface area (TPSA) is 85.2 Å². The van der Waals surface area contributed by atoms with Gasteiger partial charge in [-0.15, -0.1) is 0 Å². The predicted molar refractivity (Wildman–Crippen MR) is 44.1 cm³/mol. The van der Waals surface area contributed by atoms with Crippen LogP contribution >= 0.6 is 0 Å². The Labute approximate surface area is 81.4 Å². The van der Waals surface area contributed by atoms with Gasteiger partial charge in [-0.05, 0) is 13.8 Å². The highest BCUT2D eigenvalue weighted by Crippen LogP contribution is 2.21. The van der Waals surface area contributed by atoms with E-state index in [1.54, 1.807) is 13.8 Å². The highest BCUT2D eigenvalue weighted by Gasteiger charge is 2.40. The molecule has 0 aliphatic carbocycles. The molecule has 0 amide bonds. The minimum Gasteiger partial charge on any atom is -0.464 e. The average molecular weight is 206 g/mol. The predicted octanol–water partition coefficient (Wildman–Crippen LogP) is -1.01. The number of hydrogen-bond donors (Lipinski definition) is 2. The molecule has 1 heterocycles. The maximum atomic E-state index is 11.0. The minimum absolute atomic E-state index is 0.144. The second kappa shape index (κ2) is 4.70. The van der Waals surface area contributed by atoms with Crippen LogP contribution in [0.25, 0.3) is 0 Å². The summed E-state index contributed by atoms with van der Waals surface area (Å²) in [5.74, 6) is -0.883. The van der Waals surface area contributed by atoms with Crippen LogP contribution in [-0.4, -0.2) is 47.6 Å². The third kappa shape index (κ3) is 2.42. The standard InChI is InChI=1S/C8H14O6/c1-3-12-7(11)5(9)6(10)8-13-4(2)14-8/h4-6,8-10H,3H2,1-2H3. The van der Waals surface area contributed by atoms with Crippen molar-refractivity contribution in [3.05, 3.63) is 0 Å². The largest absolute Gasteiger partial charge is 0.464 e. The summed E-state index contributed by atoms with van der Waals surface area (Å²) < 4.78 is 14.3. The molecule has 6 nitrogen and oxygen atoms in total. The van der Waals surface area contributed by atoms with Gasteiger partial charge in [-0.1, -0.05) is 0 Å². The third-order valence-electron chi connectivity index (χ3n) is 1.78. The lowest BCUT2D eigenvalue weighted by Crippen LogP contribution is -2.53. The fraction of sp³-hybridized carbons (Fsp3) is 0.875. The number of carbonyl (C=O) groups is 1. The Morgan fingerprint density at radius 1 is 1.50 bits per heavy atom. The summed E-state index contributed by atoms with van der Waals surface area (Å²) in [5.41, 5.74) is 0. The number of aliphatic hydroxyl groups excluding tert-OH is 2. The Hall–Kier alpha value is -0.690. The first-order valence-corrected chi connectivity index (χ1v) is 4.40. The summed E-state index contributed by atoms with van der Waals surface area (Å²) in [7, 11) is 0. The van der Waals surface area contributed by atoms with Gasteiger partial charge < -0.3 is 24.4 Å². The monoisotopic (exact) mass is 206 g/mol. The van der Waals surface area contributed by atoms with Gasteiger partial charge in [0.15, 0.2) is 18.7 Å². The first kappa shape index (κ1) is 11.4. The average Bonchev–Trinajstić information content (AvgIpc) is 2.11. The van der Waals surface area contributed by atoms with Crippen LogP contribution in [0, 0.1) is 0 Å². The SMILES string of the molecule is CCOC(=O)C(O)C(O)C1OC(C)O1. The molecular formula is C8H14O6. The van der Waals surface area contributed by atoms with Crippen molar-refractivity contribution >= 4 is 5.97 Å². The summed E-state index contributed by atoms with van der Waals surface area (Å²) in [4.78, 5) is 11.0. The van der Waals surface area contributed by atoms with E-state index in [9.17, 15) is 15.0 Å². The van der Waals surface area contributed by atoms with Crippen molar-refractivity contribution in [3.63, 3.8) is 0 Å². The first-order chi connectivity index (χ1) is 6.56. The number of esters is 1. The van der Waals surface area contributed by atoms with Gasteiger partial charge in [0.2, 0.25) is 0 Å². The zero-order chi connectivity index (χ0) is 10.7. The molecule has 0 aromatic carbocycles. The van der Waals surface area contributed by atoms with E-state index in [2.05, 4.69) is 4.74 Å². The molecule has 0 radical (unpaired) electrons. The Morgan fingerprint density at radius 3 is 2.50 bits per heavy atom. The molecule has 2 atom stereocenters. The summed E-state index contributed by atoms with van der Waals surface area (Å²) in [6.07, 6.45) is -4.41. The van der Waals surface area contributed by atoms with Crippen LogP contribution in [-0.2, 0) is 19.0 Å². The van der Waals surface area contributed by atoms with Crippen molar-refractivity contribution in [2.45, 2.75) is 38.6 Å². The highest BCUT2D eigenvalue weighted by molar-refractivity contribution is 5.75. The molecular weight excluding hydrogens is 192 g/mol. The van der Waals surface area contributed by atoms with E-state index < -0.39 is 30.8 Å². The van der Waals surface area contributed by atoms with Crippen LogP contribution < -0.4 is 0 Å². The quantitative estimate of drug-likeness (QED) is 0.573. The zero-order valence-corrected chi connectivity index (χ0v) is 8.04. The van der Waals surface area contributed by atoms with Crippen LogP contribution in [0.3, 0.4) is 0 Å². The molecule has 0 saturated carbocycles. The highest BCUT2D eigenvalue weighted by atomic mass is 16.9. The van der Waals surface area contributed by atoms with E-state index in [-0.39, 0.29) is 6.61 Å². The normalized spacial score (nSPS) is 30.3. The molecule has 0 aromatic rings. The van der Waals surface area contributed by atoms with E-state index in [1.807, 2.05) is 0 Å². The van der Waals surface area contributed by atoms with E-state index in [0.717, 1.165) is 0 Å². The maximum Gasteiger partial charge on any atom is 0.337 e. The molecule has 0 aromatic heterocycles. The molecule has 0 spiro atoms. The van der Waals surface area contributed by atoms with Crippen molar-refractivity contribution < 1.29 is 29.2 Å². The van der Waals surface area contributed by atoms with Crippen LogP contribution in [0.1, 0.15) is 13.8 Å². The number of aliphatic hydroxyl groups is 2. The summed E-state index contributed by atoms with van der Waals surface area (Å²) >= 11 is 0. The molecule has 0 bridgehead atoms. The number of hydrogen-bond acceptors (Lipinski definition) is 6. The van der Waals surface area contributed by atoms with Crippen LogP contribution in [0.4, 0.5) is 0 Å². The van der Waals surface area contributed by atoms with E-state index >= 15 is 0 Å². The summed E-state index contributed by atoms with van der Waals surface area (Å²) in [6.45, 7) is 3.39. The summed E-state index contributed by atoms with van der Waals surface area (Å²) in [6, 6.07) is 0. The molecule has 2 N–H and O–H groups in total. The van der Waals surface area contributed by atoms with Crippen molar-refractivity contribution in [2.24, 2.45) is 0 Å². The Kier molecular flexibility index (Phi) is 3.82. The van der Waals surface area contributed by atoms with Gasteiger partial charge in [-0.2, -0.15) is 0 Å². The number of carbonyl (C=O) groups excluding carboxylic acids is 1. The Morgan fingerprint density at radius 2 is 2.07 bits per heavy atom. The molecule has 2 unspecified atom stereocenters. The van der Waals surface area contributed by atoms with E-state index in [4.69, 9.17) is 9.47 Å². The molecule has 1 aliphatic rings. The third-order valence-corrected chi connectivity index (χ3v) is 1.78. The fourth-order valence-corrected chi connectivity index (χ4v) is 1.06. The fourth-order valence-electron chi connectivity index (χ4n) is 1.06. The molecule has 1 rings (SSSR count). The molecule has 1 aliphatic heterocycles. The van der Waals surface area contributed by atoms with Gasteiger partial charge in [0.05, 0.1) is 6.61 Å². The lowest BCUT2D eigenvalue weighted by Gasteiger charge is -2.37. The van der Waals surface area contributed by atoms with Crippen molar-refractivity contribution in [2.75, 3.05) is 6.61 Å². The Bertz CT molecular complexity index is 200. The van der Waals surface area contributed by atoms with E-state index in [1.165, 1.54) is 0 Å². The molecule has 1 fully saturated rings. The minimum atomic E-state index is -1.63. The molecule has 14 heavy (non-hydrogen) atoms. The van der Waals surface area contributed by atoms with Gasteiger partial charge in [0.25, 0.3) is 0 Å². The zero-order valence-electron chi connectivity index (χ0n) is 8.04. The first-order valence-electron chi connectivity index (χ1n) is 4.40. The van der Waals surface area contributed by atoms with Crippen molar-refractivity contribution in [3.8, 4) is 0 Å². The number of ether oxygens (including phenoxy) is 3. The maximum absolute atomic E-state index is 11.0. The van der Waals surface area contributed by atoms with Crippen molar-refractivity contribution in [1.82, 2.24) is 0 Å². The lowest BCUT2D eigenvalue weighted by atomic mass is 10.2. The van der Waals surface area contributed by atoms with Crippen LogP contribution in [0.5, 0.6) is 0 Å². The summed E-state index contributed by atoms with van der Waals surface area (Å²) in [5, 5.41) is 18.6. The number of rotatable bonds is 4. The van der Waals surface area contributed by atoms with Gasteiger partial charge >= 0.3 is 5.97 Å². The second-order valence-corrected chi connectivity index (χ2v) is 2.90. The lowest BCUT2D eigenvalue weighted by molar-refractivity contribution is -0.403. The smallest absolute Gasteiger partial charge is 0.337 e. The van der Waals surface area contributed by atoms with Gasteiger partial charge in [0, 0.05) is 0 Å². The van der Waals surface area contributed by atoms with E-state index in [0.29, 0.717) is 0 Å². The van der Waals surface area contributed by atoms with Gasteiger partial charge in [-0.3, -0.25) is 0 Å². The second-order valence-electron chi connectivity index (χ2n) is 2.90. The van der Waals surface area contributed by atoms with Crippen molar-refractivity contribution in [1.29, 1.82) is 0 Å². The molecule has 82 valence electrons.